The van der Waals surface area contributed by atoms with Crippen LogP contribution in [0.4, 0.5) is 0 Å². The van der Waals surface area contributed by atoms with Gasteiger partial charge < -0.3 is 20.1 Å². The average Bonchev–Trinajstić information content (AvgIpc) is 3.52. The van der Waals surface area contributed by atoms with Gasteiger partial charge in [-0.05, 0) is 103 Å². The Labute approximate surface area is 523 Å². The topological polar surface area (TPSA) is 134 Å². The molecule has 0 radical (unpaired) electrons. The molecule has 0 saturated carbocycles. The summed E-state index contributed by atoms with van der Waals surface area (Å²) in [5.41, 5.74) is 5.39. The summed E-state index contributed by atoms with van der Waals surface area (Å²) in [7, 11) is -4.41. The Morgan fingerprint density at radius 3 is 0.941 bits per heavy atom. The Hall–Kier alpha value is -3.85. The third-order valence-electron chi connectivity index (χ3n) is 14.5. The molecule has 3 N–H and O–H groups in total. The van der Waals surface area contributed by atoms with Crippen molar-refractivity contribution >= 4 is 19.8 Å². The molecule has 0 aliphatic rings. The Morgan fingerprint density at radius 2 is 0.624 bits per heavy atom. The molecule has 2 atom stereocenters. The van der Waals surface area contributed by atoms with Gasteiger partial charge in [0.1, 0.15) is 6.61 Å². The summed E-state index contributed by atoms with van der Waals surface area (Å²) in [4.78, 5) is 35.3. The van der Waals surface area contributed by atoms with Crippen LogP contribution in [0.2, 0.25) is 0 Å². The molecule has 0 fully saturated rings. The van der Waals surface area contributed by atoms with Gasteiger partial charge in [-0.3, -0.25) is 18.6 Å². The molecule has 0 aliphatic heterocycles. The van der Waals surface area contributed by atoms with Crippen molar-refractivity contribution in [2.24, 2.45) is 5.73 Å². The standard InChI is InChI=1S/C75H128NO8P/c1-3-5-7-9-11-13-15-17-19-21-23-25-27-28-29-30-31-32-33-34-35-36-37-38-39-40-41-42-43-44-46-47-49-51-53-55-57-59-61-63-65-67-74(77)81-71-73(72-83-85(79,80)82-70-69-76)84-75(78)68-66-64-62-60-58-56-54-52-50-48-45-26-24-22-20-18-16-14-12-10-8-6-4-2/h5-8,11-14,17-20,23-26,48,50,54,56,60,62,73H,3-4,9-10,15-16,21-22,27-47,49,51-53,55,57-59,61,63-72,76H2,1-2H3,(H,79,80)/b7-5-,8-6-,13-11-,14-12-,19-17-,20-18-,25-23-,26-24-,50-48-,56-54-,62-60-. The van der Waals surface area contributed by atoms with Crippen LogP contribution in [-0.4, -0.2) is 49.3 Å². The van der Waals surface area contributed by atoms with Gasteiger partial charge in [0.25, 0.3) is 0 Å². The average molecular weight is 1200 g/mol. The van der Waals surface area contributed by atoms with E-state index in [4.69, 9.17) is 24.3 Å². The summed E-state index contributed by atoms with van der Waals surface area (Å²) >= 11 is 0. The fourth-order valence-corrected chi connectivity index (χ4v) is 10.3. The predicted molar refractivity (Wildman–Crippen MR) is 367 cm³/mol. The SMILES string of the molecule is CC/C=C\C/C=C\C/C=C\C/C=C\C/C=C\C/C=C\C/C=C\CCCC(=O)OC(COC(=O)CCCCCCCCCCCCCCCCCCCCCCCCCCCCCC/C=C\C/C=C\C/C=C\C/C=C\CC)COP(=O)(O)OCCN. The maximum absolute atomic E-state index is 12.7. The number of ether oxygens (including phenoxy) is 2. The maximum Gasteiger partial charge on any atom is 0.472 e. The lowest BCUT2D eigenvalue weighted by Gasteiger charge is -2.19. The van der Waals surface area contributed by atoms with Crippen molar-refractivity contribution in [1.29, 1.82) is 0 Å². The summed E-state index contributed by atoms with van der Waals surface area (Å²) in [6.07, 6.45) is 98.6. The van der Waals surface area contributed by atoms with Crippen LogP contribution in [0, 0.1) is 0 Å². The third-order valence-corrected chi connectivity index (χ3v) is 15.5. The van der Waals surface area contributed by atoms with Crippen LogP contribution < -0.4 is 5.73 Å². The number of carbonyl (C=O) groups excluding carboxylic acids is 2. The second-order valence-electron chi connectivity index (χ2n) is 22.6. The van der Waals surface area contributed by atoms with Crippen LogP contribution in [0.3, 0.4) is 0 Å². The number of phosphoric ester groups is 1. The van der Waals surface area contributed by atoms with Crippen molar-refractivity contribution < 1.29 is 37.6 Å². The monoisotopic (exact) mass is 1200 g/mol. The van der Waals surface area contributed by atoms with Crippen molar-refractivity contribution in [3.63, 3.8) is 0 Å². The molecular weight excluding hydrogens is 1070 g/mol. The molecular formula is C75H128NO8P. The molecule has 85 heavy (non-hydrogen) atoms. The smallest absolute Gasteiger partial charge is 0.462 e. The molecule has 10 heteroatoms. The quantitative estimate of drug-likeness (QED) is 0.0264. The number of allylic oxidation sites excluding steroid dienone is 22. The Bertz CT molecular complexity index is 1860. The van der Waals surface area contributed by atoms with Gasteiger partial charge in [-0.2, -0.15) is 0 Å². The Balaban J connectivity index is 3.85. The van der Waals surface area contributed by atoms with Crippen LogP contribution in [0.15, 0.2) is 134 Å². The van der Waals surface area contributed by atoms with Gasteiger partial charge in [0.05, 0.1) is 13.2 Å². The zero-order valence-corrected chi connectivity index (χ0v) is 55.4. The first-order valence-corrected chi connectivity index (χ1v) is 36.2. The highest BCUT2D eigenvalue weighted by Crippen LogP contribution is 2.43. The zero-order valence-electron chi connectivity index (χ0n) is 54.5. The molecule has 0 spiro atoms. The van der Waals surface area contributed by atoms with E-state index in [-0.39, 0.29) is 32.6 Å². The first-order valence-electron chi connectivity index (χ1n) is 34.7. The fourth-order valence-electron chi connectivity index (χ4n) is 9.50. The summed E-state index contributed by atoms with van der Waals surface area (Å²) in [5.74, 6) is -0.895. The van der Waals surface area contributed by atoms with E-state index in [2.05, 4.69) is 141 Å². The van der Waals surface area contributed by atoms with Crippen molar-refractivity contribution in [3.8, 4) is 0 Å². The Kier molecular flexibility index (Phi) is 66.1. The van der Waals surface area contributed by atoms with Gasteiger partial charge in [-0.25, -0.2) is 4.57 Å². The first-order chi connectivity index (χ1) is 41.8. The lowest BCUT2D eigenvalue weighted by Crippen LogP contribution is -2.29. The van der Waals surface area contributed by atoms with Gasteiger partial charge in [-0.15, -0.1) is 0 Å². The second kappa shape index (κ2) is 69.3. The molecule has 2 unspecified atom stereocenters. The molecule has 486 valence electrons. The van der Waals surface area contributed by atoms with Gasteiger partial charge in [-0.1, -0.05) is 314 Å². The first kappa shape index (κ1) is 81.2. The van der Waals surface area contributed by atoms with Crippen LogP contribution >= 0.6 is 7.82 Å². The molecule has 0 heterocycles. The molecule has 0 bridgehead atoms. The molecule has 0 aromatic heterocycles. The predicted octanol–water partition coefficient (Wildman–Crippen LogP) is 22.9. The van der Waals surface area contributed by atoms with E-state index in [1.54, 1.807) is 0 Å². The van der Waals surface area contributed by atoms with E-state index in [1.165, 1.54) is 167 Å². The number of esters is 2. The van der Waals surface area contributed by atoms with Crippen LogP contribution in [0.1, 0.15) is 296 Å². The van der Waals surface area contributed by atoms with E-state index >= 15 is 0 Å². The van der Waals surface area contributed by atoms with Gasteiger partial charge >= 0.3 is 19.8 Å². The number of hydrogen-bond acceptors (Lipinski definition) is 8. The number of unbranched alkanes of at least 4 members (excludes halogenated alkanes) is 29. The van der Waals surface area contributed by atoms with Crippen molar-refractivity contribution in [2.75, 3.05) is 26.4 Å². The largest absolute Gasteiger partial charge is 0.472 e. The highest BCUT2D eigenvalue weighted by Gasteiger charge is 2.26. The molecule has 9 nitrogen and oxygen atoms in total. The minimum atomic E-state index is -4.41. The highest BCUT2D eigenvalue weighted by atomic mass is 31.2. The molecule has 0 amide bonds. The highest BCUT2D eigenvalue weighted by molar-refractivity contribution is 7.47. The summed E-state index contributed by atoms with van der Waals surface area (Å²) in [5, 5.41) is 0. The normalized spacial score (nSPS) is 13.8. The van der Waals surface area contributed by atoms with E-state index < -0.39 is 32.5 Å². The van der Waals surface area contributed by atoms with Gasteiger partial charge in [0.15, 0.2) is 6.10 Å². The summed E-state index contributed by atoms with van der Waals surface area (Å²) < 4.78 is 33.1. The zero-order chi connectivity index (χ0) is 61.6. The van der Waals surface area contributed by atoms with Gasteiger partial charge in [0, 0.05) is 19.4 Å². The lowest BCUT2D eigenvalue weighted by atomic mass is 10.0. The van der Waals surface area contributed by atoms with Crippen LogP contribution in [0.25, 0.3) is 0 Å². The van der Waals surface area contributed by atoms with Crippen LogP contribution in [0.5, 0.6) is 0 Å². The van der Waals surface area contributed by atoms with E-state index in [1.807, 2.05) is 6.08 Å². The number of carbonyl (C=O) groups is 2. The Morgan fingerprint density at radius 1 is 0.353 bits per heavy atom. The maximum atomic E-state index is 12.7. The molecule has 0 rings (SSSR count). The van der Waals surface area contributed by atoms with E-state index in [0.717, 1.165) is 89.9 Å². The minimum absolute atomic E-state index is 0.0393. The van der Waals surface area contributed by atoms with E-state index in [0.29, 0.717) is 12.8 Å². The van der Waals surface area contributed by atoms with Crippen molar-refractivity contribution in [3.05, 3.63) is 134 Å². The molecule has 0 saturated heterocycles. The third kappa shape index (κ3) is 69.1. The number of phosphoric acid groups is 1. The fraction of sp³-hybridized carbons (Fsp3) is 0.680. The van der Waals surface area contributed by atoms with E-state index in [9.17, 15) is 19.0 Å². The van der Waals surface area contributed by atoms with Crippen molar-refractivity contribution in [2.45, 2.75) is 302 Å². The summed E-state index contributed by atoms with van der Waals surface area (Å²) in [6.45, 7) is 3.46. The van der Waals surface area contributed by atoms with Crippen LogP contribution in [-0.2, 0) is 32.7 Å². The molecule has 0 aromatic carbocycles. The minimum Gasteiger partial charge on any atom is -0.462 e. The second-order valence-corrected chi connectivity index (χ2v) is 24.1. The summed E-state index contributed by atoms with van der Waals surface area (Å²) in [6, 6.07) is 0. The molecule has 0 aliphatic carbocycles. The molecule has 0 aromatic rings. The van der Waals surface area contributed by atoms with Gasteiger partial charge in [0.2, 0.25) is 0 Å². The number of hydrogen-bond donors (Lipinski definition) is 2. The lowest BCUT2D eigenvalue weighted by molar-refractivity contribution is -0.161. The number of nitrogens with two attached hydrogens (primary N) is 1. The van der Waals surface area contributed by atoms with Crippen molar-refractivity contribution in [1.82, 2.24) is 0 Å². The number of rotatable bonds is 64.